The van der Waals surface area contributed by atoms with Crippen molar-refractivity contribution in [3.05, 3.63) is 58.9 Å². The van der Waals surface area contributed by atoms with Gasteiger partial charge < -0.3 is 17.9 Å². The quantitative estimate of drug-likeness (QED) is 0.737. The number of aromatic amines is 1. The summed E-state index contributed by atoms with van der Waals surface area (Å²) in [5.41, 5.74) is -0.421. The molecular weight excluding hydrogens is 280 g/mol. The highest BCUT2D eigenvalue weighted by atomic mass is 19.4. The summed E-state index contributed by atoms with van der Waals surface area (Å²) in [6.07, 6.45) is 0. The minimum absolute atomic E-state index is 0.126. The molecule has 0 aliphatic heterocycles. The minimum Gasteiger partial charge on any atom is -0.445 e. The van der Waals surface area contributed by atoms with E-state index in [0.29, 0.717) is 10.9 Å². The standard InChI is InChI=1S/C14H9BF3N2O/c16-15(17,18)10-5-3-4-9(8-10)13-19-12-7-2-1-6-11(12)14(21)20-13/h1-8H,(H,19,20,21)/q-1. The smallest absolute Gasteiger partial charge is 0.445 e. The molecule has 2 aromatic carbocycles. The molecule has 0 atom stereocenters. The van der Waals surface area contributed by atoms with E-state index < -0.39 is 12.4 Å². The van der Waals surface area contributed by atoms with Gasteiger partial charge in [-0.25, -0.2) is 4.98 Å². The van der Waals surface area contributed by atoms with E-state index in [9.17, 15) is 17.7 Å². The maximum Gasteiger partial charge on any atom is 0.509 e. The molecule has 7 heteroatoms. The Labute approximate surface area is 117 Å². The summed E-state index contributed by atoms with van der Waals surface area (Å²) < 4.78 is 38.4. The van der Waals surface area contributed by atoms with Crippen molar-refractivity contribution in [3.8, 4) is 11.4 Å². The molecule has 1 heterocycles. The molecule has 0 spiro atoms. The lowest BCUT2D eigenvalue weighted by Crippen LogP contribution is -2.33. The van der Waals surface area contributed by atoms with E-state index in [4.69, 9.17) is 0 Å². The number of benzene rings is 2. The number of aromatic nitrogens is 2. The lowest BCUT2D eigenvalue weighted by atomic mass is 9.79. The summed E-state index contributed by atoms with van der Waals surface area (Å²) in [4.78, 5) is 18.7. The van der Waals surface area contributed by atoms with Crippen molar-refractivity contribution in [2.24, 2.45) is 0 Å². The number of nitrogens with zero attached hydrogens (tertiary/aromatic N) is 1. The predicted octanol–water partition coefficient (Wildman–Crippen LogP) is 2.64. The van der Waals surface area contributed by atoms with Gasteiger partial charge >= 0.3 is 6.98 Å². The first kappa shape index (κ1) is 13.4. The Kier molecular flexibility index (Phi) is 3.05. The van der Waals surface area contributed by atoms with E-state index in [1.165, 1.54) is 12.1 Å². The normalized spacial score (nSPS) is 11.8. The van der Waals surface area contributed by atoms with Crippen LogP contribution in [0.15, 0.2) is 53.3 Å². The van der Waals surface area contributed by atoms with Gasteiger partial charge in [0.1, 0.15) is 5.82 Å². The fourth-order valence-corrected chi connectivity index (χ4v) is 2.11. The molecule has 0 radical (unpaired) electrons. The zero-order valence-corrected chi connectivity index (χ0v) is 10.7. The van der Waals surface area contributed by atoms with Gasteiger partial charge in [-0.1, -0.05) is 36.4 Å². The van der Waals surface area contributed by atoms with Crippen LogP contribution in [-0.2, 0) is 0 Å². The van der Waals surface area contributed by atoms with Crippen LogP contribution in [0.3, 0.4) is 0 Å². The maximum absolute atomic E-state index is 12.8. The summed E-state index contributed by atoms with van der Waals surface area (Å²) in [5, 5.41) is 0.400. The van der Waals surface area contributed by atoms with Gasteiger partial charge in [0.15, 0.2) is 0 Å². The molecule has 0 unspecified atom stereocenters. The van der Waals surface area contributed by atoms with Crippen molar-refractivity contribution in [2.75, 3.05) is 0 Å². The maximum atomic E-state index is 12.8. The Morgan fingerprint density at radius 1 is 1.00 bits per heavy atom. The highest BCUT2D eigenvalue weighted by Gasteiger charge is 2.25. The number of para-hydroxylation sites is 1. The molecule has 0 fully saturated rings. The average molecular weight is 289 g/mol. The molecule has 3 aromatic rings. The Balaban J connectivity index is 2.19. The van der Waals surface area contributed by atoms with Crippen LogP contribution in [0.4, 0.5) is 12.9 Å². The molecule has 0 aliphatic carbocycles. The van der Waals surface area contributed by atoms with Crippen LogP contribution in [0, 0.1) is 0 Å². The van der Waals surface area contributed by atoms with Gasteiger partial charge in [-0.2, -0.15) is 0 Å². The van der Waals surface area contributed by atoms with Gasteiger partial charge in [-0.15, -0.1) is 5.46 Å². The van der Waals surface area contributed by atoms with Gasteiger partial charge in [0.2, 0.25) is 0 Å². The predicted molar refractivity (Wildman–Crippen MR) is 76.5 cm³/mol. The third-order valence-electron chi connectivity index (χ3n) is 3.15. The van der Waals surface area contributed by atoms with Crippen LogP contribution in [0.1, 0.15) is 0 Å². The van der Waals surface area contributed by atoms with E-state index in [0.717, 1.165) is 12.1 Å². The largest absolute Gasteiger partial charge is 0.509 e. The second-order valence-corrected chi connectivity index (χ2v) is 4.63. The van der Waals surface area contributed by atoms with Crippen molar-refractivity contribution in [1.29, 1.82) is 0 Å². The third-order valence-corrected chi connectivity index (χ3v) is 3.15. The minimum atomic E-state index is -5.09. The summed E-state index contributed by atoms with van der Waals surface area (Å²) in [5.74, 6) is 0.126. The van der Waals surface area contributed by atoms with Crippen molar-refractivity contribution in [2.45, 2.75) is 0 Å². The van der Waals surface area contributed by atoms with Crippen LogP contribution < -0.4 is 11.0 Å². The molecule has 3 nitrogen and oxygen atoms in total. The Bertz CT molecular complexity index is 874. The Hall–Kier alpha value is -2.57. The fourth-order valence-electron chi connectivity index (χ4n) is 2.11. The average Bonchev–Trinajstić information content (AvgIpc) is 2.46. The van der Waals surface area contributed by atoms with E-state index in [1.807, 2.05) is 0 Å². The van der Waals surface area contributed by atoms with Crippen LogP contribution in [-0.4, -0.2) is 16.9 Å². The highest BCUT2D eigenvalue weighted by molar-refractivity contribution is 6.73. The molecule has 0 saturated heterocycles. The number of hydrogen-bond donors (Lipinski definition) is 1. The van der Waals surface area contributed by atoms with Gasteiger partial charge in [0.25, 0.3) is 5.56 Å². The molecule has 0 saturated carbocycles. The van der Waals surface area contributed by atoms with Crippen molar-refractivity contribution < 1.29 is 12.9 Å². The van der Waals surface area contributed by atoms with Gasteiger partial charge in [-0.3, -0.25) is 4.79 Å². The number of fused-ring (bicyclic) bond motifs is 1. The Morgan fingerprint density at radius 3 is 2.52 bits per heavy atom. The van der Waals surface area contributed by atoms with E-state index in [2.05, 4.69) is 9.97 Å². The van der Waals surface area contributed by atoms with E-state index >= 15 is 0 Å². The zero-order valence-electron chi connectivity index (χ0n) is 10.7. The van der Waals surface area contributed by atoms with Crippen molar-refractivity contribution in [3.63, 3.8) is 0 Å². The monoisotopic (exact) mass is 289 g/mol. The number of hydrogen-bond acceptors (Lipinski definition) is 2. The van der Waals surface area contributed by atoms with Crippen LogP contribution in [0.5, 0.6) is 0 Å². The summed E-state index contributed by atoms with van der Waals surface area (Å²) in [6.45, 7) is -5.09. The fraction of sp³-hybridized carbons (Fsp3) is 0. The second-order valence-electron chi connectivity index (χ2n) is 4.63. The molecule has 106 valence electrons. The van der Waals surface area contributed by atoms with Gasteiger partial charge in [-0.05, 0) is 12.1 Å². The molecule has 0 aliphatic rings. The number of nitrogens with one attached hydrogen (secondary N) is 1. The van der Waals surface area contributed by atoms with Gasteiger partial charge in [0, 0.05) is 5.56 Å². The summed E-state index contributed by atoms with van der Waals surface area (Å²) in [7, 11) is 0. The Morgan fingerprint density at radius 2 is 1.76 bits per heavy atom. The van der Waals surface area contributed by atoms with Crippen molar-refractivity contribution in [1.82, 2.24) is 9.97 Å². The molecule has 1 aromatic heterocycles. The summed E-state index contributed by atoms with van der Waals surface area (Å²) >= 11 is 0. The van der Waals surface area contributed by atoms with Crippen LogP contribution in [0.25, 0.3) is 22.3 Å². The van der Waals surface area contributed by atoms with E-state index in [1.54, 1.807) is 24.3 Å². The number of halogens is 3. The molecular formula is C14H9BF3N2O-. The van der Waals surface area contributed by atoms with Crippen molar-refractivity contribution >= 4 is 23.3 Å². The molecule has 3 rings (SSSR count). The van der Waals surface area contributed by atoms with Crippen LogP contribution >= 0.6 is 0 Å². The zero-order chi connectivity index (χ0) is 15.0. The number of rotatable bonds is 2. The van der Waals surface area contributed by atoms with Crippen LogP contribution in [0.2, 0.25) is 0 Å². The third kappa shape index (κ3) is 2.54. The van der Waals surface area contributed by atoms with Gasteiger partial charge in [0.05, 0.1) is 10.9 Å². The van der Waals surface area contributed by atoms with E-state index in [-0.39, 0.29) is 16.9 Å². The number of H-pyrrole nitrogens is 1. The first-order valence-electron chi connectivity index (χ1n) is 6.24. The topological polar surface area (TPSA) is 45.8 Å². The molecule has 0 amide bonds. The SMILES string of the molecule is O=c1[nH]c(-c2cccc([B-](F)(F)F)c2)nc2ccccc12. The molecule has 21 heavy (non-hydrogen) atoms. The second kappa shape index (κ2) is 4.77. The molecule has 1 N–H and O–H groups in total. The first-order valence-corrected chi connectivity index (χ1v) is 6.24. The summed E-state index contributed by atoms with van der Waals surface area (Å²) in [6, 6.07) is 11.5. The molecule has 0 bridgehead atoms. The lowest BCUT2D eigenvalue weighted by Gasteiger charge is -2.15. The first-order chi connectivity index (χ1) is 9.95. The lowest BCUT2D eigenvalue weighted by molar-refractivity contribution is 0.501. The highest BCUT2D eigenvalue weighted by Crippen LogP contribution is 2.17.